The Bertz CT molecular complexity index is 717. The molecule has 1 heterocycles. The number of hydrogen-bond acceptors (Lipinski definition) is 2. The maximum absolute atomic E-state index is 12.3. The number of aryl methyl sites for hydroxylation is 1. The Hall–Kier alpha value is -1.52. The lowest BCUT2D eigenvalue weighted by molar-refractivity contribution is -0.119. The summed E-state index contributed by atoms with van der Waals surface area (Å²) >= 11 is 9.65. The molecule has 2 aromatic rings. The number of nitrogens with zero attached hydrogens (tertiary/aromatic N) is 1. The molecule has 2 N–H and O–H groups in total. The van der Waals surface area contributed by atoms with Crippen molar-refractivity contribution in [3.63, 3.8) is 0 Å². The molecular weight excluding hydrogens is 352 g/mol. The molecule has 0 aromatic heterocycles. The molecule has 21 heavy (non-hydrogen) atoms. The lowest BCUT2D eigenvalue weighted by atomic mass is 10.00. The Balaban J connectivity index is 1.96. The van der Waals surface area contributed by atoms with Gasteiger partial charge >= 0.3 is 0 Å². The first-order chi connectivity index (χ1) is 10.0. The van der Waals surface area contributed by atoms with Crippen molar-refractivity contribution in [2.24, 2.45) is 0 Å². The highest BCUT2D eigenvalue weighted by Crippen LogP contribution is 2.32. The van der Waals surface area contributed by atoms with Crippen molar-refractivity contribution in [2.45, 2.75) is 19.4 Å². The molecule has 0 unspecified atom stereocenters. The standard InChI is InChI=1S/C16H14BrClN2O/c17-12-3-1-11(14(18)8-12)9-20-15-5-4-13(19)7-10(15)2-6-16(20)21/h1,3-5,7-8H,2,6,9,19H2. The number of carbonyl (C=O) groups is 1. The normalized spacial score (nSPS) is 14.2. The number of nitrogens with two attached hydrogens (primary N) is 1. The first-order valence-electron chi connectivity index (χ1n) is 6.67. The van der Waals surface area contributed by atoms with Gasteiger partial charge in [-0.3, -0.25) is 4.79 Å². The van der Waals surface area contributed by atoms with E-state index < -0.39 is 0 Å². The first-order valence-corrected chi connectivity index (χ1v) is 7.84. The molecule has 0 bridgehead atoms. The fraction of sp³-hybridized carbons (Fsp3) is 0.188. The van der Waals surface area contributed by atoms with Crippen molar-refractivity contribution >= 4 is 44.8 Å². The summed E-state index contributed by atoms with van der Waals surface area (Å²) in [7, 11) is 0. The van der Waals surface area contributed by atoms with Gasteiger partial charge < -0.3 is 10.6 Å². The monoisotopic (exact) mass is 364 g/mol. The minimum atomic E-state index is 0.117. The number of anilines is 2. The van der Waals surface area contributed by atoms with Crippen LogP contribution in [0.4, 0.5) is 11.4 Å². The van der Waals surface area contributed by atoms with Crippen LogP contribution in [0.3, 0.4) is 0 Å². The van der Waals surface area contributed by atoms with Crippen LogP contribution in [0.1, 0.15) is 17.5 Å². The molecule has 0 spiro atoms. The van der Waals surface area contributed by atoms with Gasteiger partial charge in [0, 0.05) is 27.3 Å². The van der Waals surface area contributed by atoms with Gasteiger partial charge in [0.25, 0.3) is 0 Å². The number of hydrogen-bond donors (Lipinski definition) is 1. The van der Waals surface area contributed by atoms with Gasteiger partial charge in [0.2, 0.25) is 5.91 Å². The lowest BCUT2D eigenvalue weighted by Gasteiger charge is -2.30. The van der Waals surface area contributed by atoms with E-state index in [1.54, 1.807) is 4.90 Å². The third kappa shape index (κ3) is 2.92. The van der Waals surface area contributed by atoms with Gasteiger partial charge in [-0.1, -0.05) is 33.6 Å². The highest BCUT2D eigenvalue weighted by atomic mass is 79.9. The van der Waals surface area contributed by atoms with Crippen molar-refractivity contribution < 1.29 is 4.79 Å². The molecule has 0 aliphatic carbocycles. The second-order valence-corrected chi connectivity index (χ2v) is 6.43. The molecule has 1 amide bonds. The van der Waals surface area contributed by atoms with E-state index in [-0.39, 0.29) is 5.91 Å². The Labute approximate surface area is 136 Å². The molecule has 0 fully saturated rings. The van der Waals surface area contributed by atoms with Crippen molar-refractivity contribution in [3.05, 3.63) is 57.0 Å². The third-order valence-electron chi connectivity index (χ3n) is 3.65. The van der Waals surface area contributed by atoms with Gasteiger partial charge in [-0.25, -0.2) is 0 Å². The number of rotatable bonds is 2. The molecule has 5 heteroatoms. The Morgan fingerprint density at radius 1 is 1.19 bits per heavy atom. The lowest BCUT2D eigenvalue weighted by Crippen LogP contribution is -2.34. The SMILES string of the molecule is Nc1ccc2c(c1)CCC(=O)N2Cc1ccc(Br)cc1Cl. The summed E-state index contributed by atoms with van der Waals surface area (Å²) in [5.74, 6) is 0.117. The number of nitrogen functional groups attached to an aromatic ring is 1. The smallest absolute Gasteiger partial charge is 0.227 e. The summed E-state index contributed by atoms with van der Waals surface area (Å²) in [5.41, 5.74) is 9.52. The van der Waals surface area contributed by atoms with E-state index in [0.717, 1.165) is 33.4 Å². The van der Waals surface area contributed by atoms with Gasteiger partial charge in [0.15, 0.2) is 0 Å². The molecular formula is C16H14BrClN2O. The van der Waals surface area contributed by atoms with Crippen LogP contribution in [0.15, 0.2) is 40.9 Å². The molecule has 108 valence electrons. The number of benzene rings is 2. The fourth-order valence-electron chi connectivity index (χ4n) is 2.57. The predicted octanol–water partition coefficient (Wildman–Crippen LogP) is 4.16. The summed E-state index contributed by atoms with van der Waals surface area (Å²) in [6, 6.07) is 11.4. The van der Waals surface area contributed by atoms with E-state index in [0.29, 0.717) is 18.0 Å². The second-order valence-electron chi connectivity index (χ2n) is 5.10. The van der Waals surface area contributed by atoms with Crippen LogP contribution in [-0.2, 0) is 17.8 Å². The van der Waals surface area contributed by atoms with Crippen LogP contribution in [-0.4, -0.2) is 5.91 Å². The molecule has 3 rings (SSSR count). The van der Waals surface area contributed by atoms with Crippen LogP contribution in [0, 0.1) is 0 Å². The Kier molecular flexibility index (Phi) is 3.91. The van der Waals surface area contributed by atoms with Crippen molar-refractivity contribution in [1.82, 2.24) is 0 Å². The quantitative estimate of drug-likeness (QED) is 0.812. The molecule has 0 saturated heterocycles. The van der Waals surface area contributed by atoms with Crippen LogP contribution in [0.5, 0.6) is 0 Å². The van der Waals surface area contributed by atoms with E-state index in [2.05, 4.69) is 15.9 Å². The summed E-state index contributed by atoms with van der Waals surface area (Å²) in [5, 5.41) is 0.653. The van der Waals surface area contributed by atoms with Crippen molar-refractivity contribution in [1.29, 1.82) is 0 Å². The third-order valence-corrected chi connectivity index (χ3v) is 4.49. The van der Waals surface area contributed by atoms with Gasteiger partial charge in [-0.2, -0.15) is 0 Å². The van der Waals surface area contributed by atoms with E-state index in [1.165, 1.54) is 0 Å². The predicted molar refractivity (Wildman–Crippen MR) is 89.5 cm³/mol. The van der Waals surface area contributed by atoms with Crippen LogP contribution in [0.25, 0.3) is 0 Å². The van der Waals surface area contributed by atoms with Crippen LogP contribution >= 0.6 is 27.5 Å². The summed E-state index contributed by atoms with van der Waals surface area (Å²) in [6.45, 7) is 0.474. The average molecular weight is 366 g/mol. The number of halogens is 2. The molecule has 0 atom stereocenters. The van der Waals surface area contributed by atoms with Gasteiger partial charge in [0.05, 0.1) is 6.54 Å². The zero-order chi connectivity index (χ0) is 15.0. The zero-order valence-corrected chi connectivity index (χ0v) is 13.6. The van der Waals surface area contributed by atoms with Gasteiger partial charge in [-0.05, 0) is 47.9 Å². The zero-order valence-electron chi connectivity index (χ0n) is 11.3. The summed E-state index contributed by atoms with van der Waals surface area (Å²) in [4.78, 5) is 14.1. The molecule has 1 aliphatic heterocycles. The van der Waals surface area contributed by atoms with Gasteiger partial charge in [0.1, 0.15) is 0 Å². The van der Waals surface area contributed by atoms with Crippen LogP contribution in [0.2, 0.25) is 5.02 Å². The van der Waals surface area contributed by atoms with Crippen molar-refractivity contribution in [3.8, 4) is 0 Å². The highest BCUT2D eigenvalue weighted by molar-refractivity contribution is 9.10. The largest absolute Gasteiger partial charge is 0.399 e. The Morgan fingerprint density at radius 3 is 2.76 bits per heavy atom. The van der Waals surface area contributed by atoms with E-state index in [1.807, 2.05) is 36.4 Å². The van der Waals surface area contributed by atoms with Crippen LogP contribution < -0.4 is 10.6 Å². The van der Waals surface area contributed by atoms with E-state index >= 15 is 0 Å². The van der Waals surface area contributed by atoms with E-state index in [4.69, 9.17) is 17.3 Å². The Morgan fingerprint density at radius 2 is 2.00 bits per heavy atom. The number of carbonyl (C=O) groups excluding carboxylic acids is 1. The van der Waals surface area contributed by atoms with Crippen molar-refractivity contribution in [2.75, 3.05) is 10.6 Å². The maximum Gasteiger partial charge on any atom is 0.227 e. The second kappa shape index (κ2) is 5.70. The minimum absolute atomic E-state index is 0.117. The van der Waals surface area contributed by atoms with Gasteiger partial charge in [-0.15, -0.1) is 0 Å². The number of fused-ring (bicyclic) bond motifs is 1. The summed E-state index contributed by atoms with van der Waals surface area (Å²) < 4.78 is 0.925. The fourth-order valence-corrected chi connectivity index (χ4v) is 3.31. The summed E-state index contributed by atoms with van der Waals surface area (Å²) in [6.07, 6.45) is 1.24. The molecule has 1 aliphatic rings. The average Bonchev–Trinajstić information content (AvgIpc) is 2.44. The minimum Gasteiger partial charge on any atom is -0.399 e. The molecule has 0 radical (unpaired) electrons. The molecule has 2 aromatic carbocycles. The first kappa shape index (κ1) is 14.4. The molecule has 3 nitrogen and oxygen atoms in total. The molecule has 0 saturated carbocycles. The maximum atomic E-state index is 12.3. The topological polar surface area (TPSA) is 46.3 Å². The highest BCUT2D eigenvalue weighted by Gasteiger charge is 2.24. The van der Waals surface area contributed by atoms with E-state index in [9.17, 15) is 4.79 Å². The number of amides is 1.